The van der Waals surface area contributed by atoms with Gasteiger partial charge in [-0.1, -0.05) is 32.1 Å². The molecule has 18 heavy (non-hydrogen) atoms. The third-order valence-corrected chi connectivity index (χ3v) is 4.20. The van der Waals surface area contributed by atoms with Gasteiger partial charge in [0.1, 0.15) is 5.78 Å². The number of aryl methyl sites for hydroxylation is 1. The first kappa shape index (κ1) is 13.3. The molecule has 1 saturated carbocycles. The van der Waals surface area contributed by atoms with Crippen LogP contribution in [0.25, 0.3) is 0 Å². The molecule has 1 aliphatic rings. The summed E-state index contributed by atoms with van der Waals surface area (Å²) in [5.41, 5.74) is 3.37. The van der Waals surface area contributed by atoms with Crippen molar-refractivity contribution in [2.24, 2.45) is 5.92 Å². The van der Waals surface area contributed by atoms with E-state index in [0.29, 0.717) is 18.1 Å². The highest BCUT2D eigenvalue weighted by Crippen LogP contribution is 2.27. The van der Waals surface area contributed by atoms with Crippen LogP contribution in [-0.4, -0.2) is 10.8 Å². The average molecular weight is 245 g/mol. The lowest BCUT2D eigenvalue weighted by Gasteiger charge is -2.20. The smallest absolute Gasteiger partial charge is 0.137 e. The van der Waals surface area contributed by atoms with Gasteiger partial charge in [-0.2, -0.15) is 0 Å². The van der Waals surface area contributed by atoms with E-state index in [1.165, 1.54) is 37.7 Å². The van der Waals surface area contributed by atoms with Gasteiger partial charge in [0, 0.05) is 24.7 Å². The molecule has 1 aliphatic carbocycles. The van der Waals surface area contributed by atoms with E-state index in [0.717, 1.165) is 17.7 Å². The van der Waals surface area contributed by atoms with Crippen LogP contribution in [0.1, 0.15) is 55.3 Å². The number of ketones is 1. The molecule has 1 aromatic heterocycles. The van der Waals surface area contributed by atoms with E-state index in [2.05, 4.69) is 11.9 Å². The number of carbonyl (C=O) groups excluding carboxylic acids is 1. The average Bonchev–Trinajstić information content (AvgIpc) is 2.36. The Morgan fingerprint density at radius 3 is 2.72 bits per heavy atom. The van der Waals surface area contributed by atoms with Crippen LogP contribution in [0.2, 0.25) is 0 Å². The quantitative estimate of drug-likeness (QED) is 0.808. The zero-order valence-electron chi connectivity index (χ0n) is 11.5. The molecule has 0 aromatic carbocycles. The van der Waals surface area contributed by atoms with Gasteiger partial charge in [0.05, 0.1) is 0 Å². The molecule has 0 bridgehead atoms. The molecule has 0 N–H and O–H groups in total. The third-order valence-electron chi connectivity index (χ3n) is 4.20. The molecule has 0 spiro atoms. The van der Waals surface area contributed by atoms with Crippen molar-refractivity contribution in [3.05, 3.63) is 29.1 Å². The first-order chi connectivity index (χ1) is 8.66. The molecule has 2 heteroatoms. The highest BCUT2D eigenvalue weighted by atomic mass is 16.1. The molecular weight excluding hydrogens is 222 g/mol. The summed E-state index contributed by atoms with van der Waals surface area (Å²) < 4.78 is 0. The maximum atomic E-state index is 12.1. The van der Waals surface area contributed by atoms with E-state index in [1.54, 1.807) is 0 Å². The number of Topliss-reactive ketones (excluding diaryl/α,β-unsaturated/α-hetero) is 1. The summed E-state index contributed by atoms with van der Waals surface area (Å²) in [4.78, 5) is 16.4. The number of carbonyl (C=O) groups is 1. The molecule has 0 amide bonds. The van der Waals surface area contributed by atoms with Crippen molar-refractivity contribution in [1.29, 1.82) is 0 Å². The molecule has 1 fully saturated rings. The van der Waals surface area contributed by atoms with Gasteiger partial charge in [0.25, 0.3) is 0 Å². The second-order valence-electron chi connectivity index (χ2n) is 5.60. The number of hydrogen-bond donors (Lipinski definition) is 0. The summed E-state index contributed by atoms with van der Waals surface area (Å²) in [6.07, 6.45) is 9.66. The second-order valence-corrected chi connectivity index (χ2v) is 5.60. The van der Waals surface area contributed by atoms with Gasteiger partial charge in [-0.15, -0.1) is 0 Å². The van der Waals surface area contributed by atoms with Crippen LogP contribution < -0.4 is 0 Å². The predicted molar refractivity (Wildman–Crippen MR) is 73.6 cm³/mol. The minimum absolute atomic E-state index is 0.399. The summed E-state index contributed by atoms with van der Waals surface area (Å²) in [6.45, 7) is 4.07. The number of aromatic nitrogens is 1. The van der Waals surface area contributed by atoms with E-state index in [4.69, 9.17) is 0 Å². The predicted octanol–water partition coefficient (Wildman–Crippen LogP) is 3.78. The molecule has 1 heterocycles. The summed E-state index contributed by atoms with van der Waals surface area (Å²) in [5.74, 6) is 1.05. The van der Waals surface area contributed by atoms with E-state index in [-0.39, 0.29) is 0 Å². The van der Waals surface area contributed by atoms with Crippen LogP contribution in [0.15, 0.2) is 12.3 Å². The van der Waals surface area contributed by atoms with Crippen LogP contribution in [-0.2, 0) is 11.2 Å². The maximum Gasteiger partial charge on any atom is 0.137 e. The zero-order chi connectivity index (χ0) is 13.0. The van der Waals surface area contributed by atoms with Gasteiger partial charge < -0.3 is 0 Å². The number of pyridine rings is 1. The highest BCUT2D eigenvalue weighted by Gasteiger charge is 2.17. The first-order valence-electron chi connectivity index (χ1n) is 7.09. The van der Waals surface area contributed by atoms with Gasteiger partial charge in [-0.25, -0.2) is 0 Å². The van der Waals surface area contributed by atoms with Crippen LogP contribution in [0.3, 0.4) is 0 Å². The van der Waals surface area contributed by atoms with Gasteiger partial charge in [-0.3, -0.25) is 9.78 Å². The lowest BCUT2D eigenvalue weighted by molar-refractivity contribution is -0.119. The standard InChI is InChI=1S/C16H23NO/c1-12-13(2)17-9-8-15(12)11-16(18)10-14-6-4-3-5-7-14/h8-9,14H,3-7,10-11H2,1-2H3. The number of nitrogens with zero attached hydrogens (tertiary/aromatic N) is 1. The highest BCUT2D eigenvalue weighted by molar-refractivity contribution is 5.81. The van der Waals surface area contributed by atoms with E-state index in [1.807, 2.05) is 19.2 Å². The van der Waals surface area contributed by atoms with Crippen molar-refractivity contribution >= 4 is 5.78 Å². The molecule has 98 valence electrons. The van der Waals surface area contributed by atoms with Crippen molar-refractivity contribution < 1.29 is 4.79 Å². The maximum absolute atomic E-state index is 12.1. The fourth-order valence-corrected chi connectivity index (χ4v) is 2.88. The van der Waals surface area contributed by atoms with Crippen LogP contribution in [0, 0.1) is 19.8 Å². The molecule has 0 atom stereocenters. The number of hydrogen-bond acceptors (Lipinski definition) is 2. The van der Waals surface area contributed by atoms with Crippen LogP contribution in [0.4, 0.5) is 0 Å². The molecule has 0 aliphatic heterocycles. The van der Waals surface area contributed by atoms with Crippen LogP contribution in [0.5, 0.6) is 0 Å². The fraction of sp³-hybridized carbons (Fsp3) is 0.625. The Balaban J connectivity index is 1.92. The van der Waals surface area contributed by atoms with Crippen molar-refractivity contribution in [2.75, 3.05) is 0 Å². The molecule has 1 aromatic rings. The Hall–Kier alpha value is -1.18. The van der Waals surface area contributed by atoms with Gasteiger partial charge in [-0.05, 0) is 37.0 Å². The van der Waals surface area contributed by atoms with E-state index < -0.39 is 0 Å². The zero-order valence-corrected chi connectivity index (χ0v) is 11.5. The van der Waals surface area contributed by atoms with Crippen molar-refractivity contribution in [2.45, 2.75) is 58.8 Å². The van der Waals surface area contributed by atoms with Crippen molar-refractivity contribution in [3.63, 3.8) is 0 Å². The second kappa shape index (κ2) is 6.12. The molecular formula is C16H23NO. The van der Waals surface area contributed by atoms with E-state index >= 15 is 0 Å². The monoisotopic (exact) mass is 245 g/mol. The topological polar surface area (TPSA) is 30.0 Å². The Labute approximate surface area is 110 Å². The minimum Gasteiger partial charge on any atom is -0.299 e. The lowest BCUT2D eigenvalue weighted by atomic mass is 9.85. The summed E-state index contributed by atoms with van der Waals surface area (Å²) in [6, 6.07) is 1.99. The first-order valence-corrected chi connectivity index (χ1v) is 7.09. The van der Waals surface area contributed by atoms with Gasteiger partial charge >= 0.3 is 0 Å². The summed E-state index contributed by atoms with van der Waals surface area (Å²) in [5, 5.41) is 0. The SMILES string of the molecule is Cc1nccc(CC(=O)CC2CCCCC2)c1C. The normalized spacial score (nSPS) is 16.8. The number of rotatable bonds is 4. The van der Waals surface area contributed by atoms with Gasteiger partial charge in [0.2, 0.25) is 0 Å². The minimum atomic E-state index is 0.399. The Bertz CT molecular complexity index is 419. The molecule has 2 nitrogen and oxygen atoms in total. The Kier molecular flexibility index (Phi) is 4.51. The van der Waals surface area contributed by atoms with Crippen molar-refractivity contribution in [1.82, 2.24) is 4.98 Å². The van der Waals surface area contributed by atoms with E-state index in [9.17, 15) is 4.79 Å². The summed E-state index contributed by atoms with van der Waals surface area (Å²) in [7, 11) is 0. The molecule has 0 unspecified atom stereocenters. The van der Waals surface area contributed by atoms with Gasteiger partial charge in [0.15, 0.2) is 0 Å². The molecule has 0 saturated heterocycles. The Morgan fingerprint density at radius 1 is 1.28 bits per heavy atom. The fourth-order valence-electron chi connectivity index (χ4n) is 2.88. The van der Waals surface area contributed by atoms with Crippen LogP contribution >= 0.6 is 0 Å². The Morgan fingerprint density at radius 2 is 2.00 bits per heavy atom. The molecule has 0 radical (unpaired) electrons. The lowest BCUT2D eigenvalue weighted by Crippen LogP contribution is -2.14. The molecule has 2 rings (SSSR count). The van der Waals surface area contributed by atoms with Crippen molar-refractivity contribution in [3.8, 4) is 0 Å². The largest absolute Gasteiger partial charge is 0.299 e. The summed E-state index contributed by atoms with van der Waals surface area (Å²) >= 11 is 0. The third kappa shape index (κ3) is 3.41.